The van der Waals surface area contributed by atoms with E-state index in [0.29, 0.717) is 23.2 Å². The van der Waals surface area contributed by atoms with Gasteiger partial charge < -0.3 is 10.1 Å². The number of carbonyl (C=O) groups is 2. The lowest BCUT2D eigenvalue weighted by Gasteiger charge is -2.24. The van der Waals surface area contributed by atoms with Gasteiger partial charge in [-0.15, -0.1) is 0 Å². The molecule has 37 heavy (non-hydrogen) atoms. The van der Waals surface area contributed by atoms with Crippen LogP contribution >= 0.6 is 31.9 Å². The third kappa shape index (κ3) is 5.24. The van der Waals surface area contributed by atoms with Crippen molar-refractivity contribution in [3.63, 3.8) is 0 Å². The molecule has 2 heterocycles. The number of rotatable bonds is 6. The number of alkyl halides is 1. The van der Waals surface area contributed by atoms with E-state index in [4.69, 9.17) is 5.11 Å². The molecule has 1 aliphatic carbocycles. The molecule has 5 rings (SSSR count). The second kappa shape index (κ2) is 10.6. The number of aromatic amines is 1. The number of nitrogens with one attached hydrogen (secondary N) is 1. The number of fused-ring (bicyclic) bond motifs is 1. The molecular formula is C28H23Br2N3O4. The molecule has 1 amide bonds. The Morgan fingerprint density at radius 3 is 2.59 bits per heavy atom. The zero-order chi connectivity index (χ0) is 26.1. The van der Waals surface area contributed by atoms with Gasteiger partial charge in [0.15, 0.2) is 0 Å². The fourth-order valence-corrected chi connectivity index (χ4v) is 5.48. The van der Waals surface area contributed by atoms with Crippen molar-refractivity contribution in [3.8, 4) is 11.1 Å². The van der Waals surface area contributed by atoms with Gasteiger partial charge in [0, 0.05) is 38.6 Å². The summed E-state index contributed by atoms with van der Waals surface area (Å²) in [5.74, 6) is -1.44. The Morgan fingerprint density at radius 1 is 1.11 bits per heavy atom. The quantitative estimate of drug-likeness (QED) is 0.340. The molecule has 7 nitrogen and oxygen atoms in total. The van der Waals surface area contributed by atoms with Gasteiger partial charge >= 0.3 is 5.97 Å². The van der Waals surface area contributed by atoms with Gasteiger partial charge in [0.05, 0.1) is 23.7 Å². The van der Waals surface area contributed by atoms with E-state index in [0.717, 1.165) is 33.0 Å². The largest absolute Gasteiger partial charge is 0.481 e. The van der Waals surface area contributed by atoms with Crippen molar-refractivity contribution in [1.82, 2.24) is 9.99 Å². The molecule has 0 fully saturated rings. The van der Waals surface area contributed by atoms with Crippen molar-refractivity contribution in [1.29, 1.82) is 0 Å². The van der Waals surface area contributed by atoms with Gasteiger partial charge in [-0.1, -0.05) is 80.4 Å². The van der Waals surface area contributed by atoms with Gasteiger partial charge in [-0.05, 0) is 35.8 Å². The smallest absolute Gasteiger partial charge is 0.303 e. The number of hydrogen-bond acceptors (Lipinski definition) is 4. The second-order valence-corrected chi connectivity index (χ2v) is 11.1. The molecule has 0 saturated heterocycles. The number of nitrogens with zero attached hydrogens (tertiary/aromatic N) is 2. The Hall–Kier alpha value is -3.30. The first kappa shape index (κ1) is 25.4. The Morgan fingerprint density at radius 2 is 1.89 bits per heavy atom. The molecular weight excluding hydrogens is 602 g/mol. The van der Waals surface area contributed by atoms with E-state index in [1.54, 1.807) is 0 Å². The molecule has 2 atom stereocenters. The first-order chi connectivity index (χ1) is 17.8. The van der Waals surface area contributed by atoms with Crippen LogP contribution in [0.25, 0.3) is 22.0 Å². The average Bonchev–Trinajstić information content (AvgIpc) is 3.32. The third-order valence-corrected chi connectivity index (χ3v) is 7.68. The first-order valence-electron chi connectivity index (χ1n) is 11.9. The number of hydrazone groups is 1. The summed E-state index contributed by atoms with van der Waals surface area (Å²) in [6.45, 7) is 0. The molecule has 9 heteroatoms. The van der Waals surface area contributed by atoms with Crippen LogP contribution in [0.4, 0.5) is 0 Å². The van der Waals surface area contributed by atoms with Crippen LogP contribution in [0.15, 0.2) is 86.7 Å². The molecule has 1 aliphatic heterocycles. The molecule has 0 saturated carbocycles. The molecule has 2 aliphatic rings. The van der Waals surface area contributed by atoms with E-state index in [9.17, 15) is 14.4 Å². The lowest BCUT2D eigenvalue weighted by atomic mass is 9.90. The van der Waals surface area contributed by atoms with E-state index in [1.165, 1.54) is 5.01 Å². The maximum atomic E-state index is 13.6. The highest BCUT2D eigenvalue weighted by Gasteiger charge is 2.36. The number of allylic oxidation sites excluding steroid dienone is 2. The summed E-state index contributed by atoms with van der Waals surface area (Å²) in [5.41, 5.74) is 3.83. The van der Waals surface area contributed by atoms with E-state index in [2.05, 4.69) is 48.0 Å². The lowest BCUT2D eigenvalue weighted by molar-refractivity contribution is -0.141. The topological polar surface area (TPSA) is 103 Å². The zero-order valence-electron chi connectivity index (χ0n) is 19.7. The van der Waals surface area contributed by atoms with Gasteiger partial charge in [0.2, 0.25) is 5.91 Å². The van der Waals surface area contributed by atoms with Crippen molar-refractivity contribution in [2.24, 2.45) is 5.10 Å². The number of carboxylic acid groups (broad SMARTS) is 1. The van der Waals surface area contributed by atoms with Crippen LogP contribution in [0.5, 0.6) is 0 Å². The highest BCUT2D eigenvalue weighted by atomic mass is 79.9. The van der Waals surface area contributed by atoms with Crippen LogP contribution in [0.3, 0.4) is 0 Å². The minimum absolute atomic E-state index is 0.173. The highest BCUT2D eigenvalue weighted by Crippen LogP contribution is 2.36. The van der Waals surface area contributed by atoms with Gasteiger partial charge in [-0.3, -0.25) is 14.4 Å². The molecule has 188 valence electrons. The second-order valence-electron chi connectivity index (χ2n) is 8.97. The number of halogens is 2. The Balaban J connectivity index is 1.67. The van der Waals surface area contributed by atoms with Crippen molar-refractivity contribution in [3.05, 3.63) is 92.7 Å². The van der Waals surface area contributed by atoms with Crippen LogP contribution in [0, 0.1) is 0 Å². The van der Waals surface area contributed by atoms with Crippen LogP contribution < -0.4 is 5.56 Å². The molecule has 2 unspecified atom stereocenters. The number of amides is 1. The molecule has 0 radical (unpaired) electrons. The number of H-pyrrole nitrogens is 1. The van der Waals surface area contributed by atoms with Gasteiger partial charge in [-0.2, -0.15) is 5.10 Å². The fraction of sp³-hybridized carbons (Fsp3) is 0.214. The number of hydrogen-bond donors (Lipinski definition) is 2. The number of aromatic nitrogens is 1. The Labute approximate surface area is 229 Å². The highest BCUT2D eigenvalue weighted by molar-refractivity contribution is 9.10. The van der Waals surface area contributed by atoms with E-state index in [-0.39, 0.29) is 29.1 Å². The maximum absolute atomic E-state index is 13.6. The zero-order valence-corrected chi connectivity index (χ0v) is 22.8. The van der Waals surface area contributed by atoms with Crippen molar-refractivity contribution < 1.29 is 14.7 Å². The molecule has 3 aromatic rings. The van der Waals surface area contributed by atoms with Crippen LogP contribution in [0.1, 0.15) is 31.2 Å². The predicted octanol–water partition coefficient (Wildman–Crippen LogP) is 5.78. The van der Waals surface area contributed by atoms with E-state index in [1.807, 2.05) is 60.7 Å². The summed E-state index contributed by atoms with van der Waals surface area (Å²) in [7, 11) is 0. The summed E-state index contributed by atoms with van der Waals surface area (Å²) in [6, 6.07) is 14.9. The first-order valence-corrected chi connectivity index (χ1v) is 13.6. The van der Waals surface area contributed by atoms with Crippen LogP contribution in [-0.4, -0.2) is 43.6 Å². The van der Waals surface area contributed by atoms with Gasteiger partial charge in [0.25, 0.3) is 5.56 Å². The minimum Gasteiger partial charge on any atom is -0.481 e. The number of aliphatic carboxylic acids is 1. The lowest BCUT2D eigenvalue weighted by Crippen LogP contribution is -2.34. The van der Waals surface area contributed by atoms with E-state index < -0.39 is 12.0 Å². The van der Waals surface area contributed by atoms with Gasteiger partial charge in [0.1, 0.15) is 0 Å². The third-order valence-electron chi connectivity index (χ3n) is 6.51. The molecule has 0 bridgehead atoms. The summed E-state index contributed by atoms with van der Waals surface area (Å²) in [6.07, 6.45) is 6.67. The average molecular weight is 625 g/mol. The monoisotopic (exact) mass is 623 g/mol. The fourth-order valence-electron chi connectivity index (χ4n) is 4.78. The van der Waals surface area contributed by atoms with Crippen molar-refractivity contribution in [2.45, 2.75) is 36.6 Å². The molecule has 2 N–H and O–H groups in total. The maximum Gasteiger partial charge on any atom is 0.303 e. The van der Waals surface area contributed by atoms with Crippen molar-refractivity contribution >= 4 is 60.4 Å². The Bertz CT molecular complexity index is 1540. The molecule has 0 spiro atoms. The van der Waals surface area contributed by atoms with Crippen molar-refractivity contribution in [2.75, 3.05) is 0 Å². The molecule has 1 aromatic heterocycles. The predicted molar refractivity (Wildman–Crippen MR) is 151 cm³/mol. The number of carboxylic acids is 1. The normalized spacial score (nSPS) is 19.1. The summed E-state index contributed by atoms with van der Waals surface area (Å²) in [4.78, 5) is 41.0. The minimum atomic E-state index is -1.05. The van der Waals surface area contributed by atoms with Crippen LogP contribution in [0.2, 0.25) is 0 Å². The Kier molecular flexibility index (Phi) is 7.26. The number of carbonyl (C=O) groups excluding carboxylic acids is 1. The van der Waals surface area contributed by atoms with Crippen LogP contribution in [-0.2, 0) is 9.59 Å². The SMILES string of the molecule is O=C(O)CCC(=O)N1N=C(c2c(-c3ccccc3)c3cc(Br)ccc3[nH]c2=O)CC1C1=CCC(Br)C=C1. The summed E-state index contributed by atoms with van der Waals surface area (Å²) in [5, 5.41) is 16.0. The molecule has 2 aromatic carbocycles. The van der Waals surface area contributed by atoms with E-state index >= 15 is 0 Å². The standard InChI is InChI=1S/C28H23Br2N3O4/c29-18-8-6-16(7-9-18)23-15-22(32-33(23)24(34)12-13-25(35)36)27-26(17-4-2-1-3-5-17)20-14-19(30)10-11-21(20)31-28(27)37/h1-8,10-11,14,18,23H,9,12-13,15H2,(H,31,37)(H,35,36). The number of pyridine rings is 1. The van der Waals surface area contributed by atoms with Gasteiger partial charge in [-0.25, -0.2) is 5.01 Å². The summed E-state index contributed by atoms with van der Waals surface area (Å²) >= 11 is 7.12. The number of benzene rings is 2. The summed E-state index contributed by atoms with van der Waals surface area (Å²) < 4.78 is 0.869.